The third-order valence-electron chi connectivity index (χ3n) is 3.64. The Bertz CT molecular complexity index is 605. The Kier molecular flexibility index (Phi) is 4.93. The van der Waals surface area contributed by atoms with E-state index >= 15 is 0 Å². The molecular weight excluding hydrogens is 286 g/mol. The standard InChI is InChI=1S/C16H17NO5/c18-14(19)9-10-5-7-11(8-6-10)17-15(20)12-3-1-2-4-13(12)16(21)22/h1-2,5-8,12-13H,3-4,9H2,(H,17,20)(H,18,19)(H,21,22)/p-2. The van der Waals surface area contributed by atoms with Crippen LogP contribution in [0, 0.1) is 11.8 Å². The highest BCUT2D eigenvalue weighted by molar-refractivity contribution is 5.95. The molecule has 0 saturated carbocycles. The fourth-order valence-electron chi connectivity index (χ4n) is 2.47. The summed E-state index contributed by atoms with van der Waals surface area (Å²) in [5.74, 6) is -4.29. The van der Waals surface area contributed by atoms with Crippen molar-refractivity contribution in [3.8, 4) is 0 Å². The van der Waals surface area contributed by atoms with Crippen molar-refractivity contribution in [1.29, 1.82) is 0 Å². The molecule has 1 aromatic carbocycles. The topological polar surface area (TPSA) is 109 Å². The zero-order valence-corrected chi connectivity index (χ0v) is 11.8. The first-order valence-corrected chi connectivity index (χ1v) is 6.93. The Hall–Kier alpha value is -2.63. The van der Waals surface area contributed by atoms with Gasteiger partial charge in [-0.2, -0.15) is 0 Å². The third kappa shape index (κ3) is 3.94. The fourth-order valence-corrected chi connectivity index (χ4v) is 2.47. The van der Waals surface area contributed by atoms with Gasteiger partial charge in [-0.05, 0) is 30.5 Å². The predicted molar refractivity (Wildman–Crippen MR) is 74.1 cm³/mol. The lowest BCUT2D eigenvalue weighted by atomic mass is 9.82. The van der Waals surface area contributed by atoms with Crippen LogP contribution < -0.4 is 15.5 Å². The van der Waals surface area contributed by atoms with E-state index < -0.39 is 23.8 Å². The molecule has 1 aliphatic carbocycles. The molecule has 1 N–H and O–H groups in total. The van der Waals surface area contributed by atoms with Gasteiger partial charge in [-0.3, -0.25) is 4.79 Å². The van der Waals surface area contributed by atoms with Crippen molar-refractivity contribution in [2.45, 2.75) is 19.3 Å². The number of carbonyl (C=O) groups is 3. The summed E-state index contributed by atoms with van der Waals surface area (Å²) in [5, 5.41) is 24.2. The molecule has 2 rings (SSSR count). The number of allylic oxidation sites excluding steroid dienone is 2. The summed E-state index contributed by atoms with van der Waals surface area (Å²) in [7, 11) is 0. The second kappa shape index (κ2) is 6.89. The molecule has 2 atom stereocenters. The van der Waals surface area contributed by atoms with Gasteiger partial charge < -0.3 is 25.1 Å². The fraction of sp³-hybridized carbons (Fsp3) is 0.312. The first-order chi connectivity index (χ1) is 10.5. The summed E-state index contributed by atoms with van der Waals surface area (Å²) in [6.07, 6.45) is 3.96. The smallest absolute Gasteiger partial charge is 0.228 e. The van der Waals surface area contributed by atoms with E-state index in [4.69, 9.17) is 0 Å². The Morgan fingerprint density at radius 3 is 2.14 bits per heavy atom. The summed E-state index contributed by atoms with van der Waals surface area (Å²) in [4.78, 5) is 33.8. The molecule has 6 nitrogen and oxygen atoms in total. The van der Waals surface area contributed by atoms with Crippen molar-refractivity contribution in [1.82, 2.24) is 0 Å². The average Bonchev–Trinajstić information content (AvgIpc) is 2.48. The SMILES string of the molecule is O=C([O-])Cc1ccc(NC(=O)C2CC=CCC2C(=O)[O-])cc1. The summed E-state index contributed by atoms with van der Waals surface area (Å²) >= 11 is 0. The minimum Gasteiger partial charge on any atom is -0.550 e. The Morgan fingerprint density at radius 1 is 1.00 bits per heavy atom. The van der Waals surface area contributed by atoms with Crippen molar-refractivity contribution in [3.05, 3.63) is 42.0 Å². The quantitative estimate of drug-likeness (QED) is 0.720. The van der Waals surface area contributed by atoms with Gasteiger partial charge in [0.1, 0.15) is 0 Å². The number of anilines is 1. The largest absolute Gasteiger partial charge is 0.550 e. The Balaban J connectivity index is 2.03. The summed E-state index contributed by atoms with van der Waals surface area (Å²) in [6, 6.07) is 6.29. The second-order valence-electron chi connectivity index (χ2n) is 5.21. The summed E-state index contributed by atoms with van der Waals surface area (Å²) in [6.45, 7) is 0. The molecule has 0 saturated heterocycles. The monoisotopic (exact) mass is 301 g/mol. The molecule has 0 bridgehead atoms. The number of amides is 1. The van der Waals surface area contributed by atoms with Crippen LogP contribution in [0.3, 0.4) is 0 Å². The predicted octanol–water partition coefficient (Wildman–Crippen LogP) is -0.750. The lowest BCUT2D eigenvalue weighted by Crippen LogP contribution is -2.41. The van der Waals surface area contributed by atoms with Gasteiger partial charge in [-0.25, -0.2) is 0 Å². The molecular formula is C16H15NO5-2. The minimum atomic E-state index is -1.23. The van der Waals surface area contributed by atoms with Crippen LogP contribution in [0.4, 0.5) is 5.69 Å². The number of carbonyl (C=O) groups excluding carboxylic acids is 3. The lowest BCUT2D eigenvalue weighted by Gasteiger charge is -2.28. The van der Waals surface area contributed by atoms with Crippen LogP contribution in [0.25, 0.3) is 0 Å². The van der Waals surface area contributed by atoms with Gasteiger partial charge in [0.2, 0.25) is 5.91 Å². The van der Waals surface area contributed by atoms with Crippen LogP contribution in [-0.4, -0.2) is 17.8 Å². The van der Waals surface area contributed by atoms with Gasteiger partial charge >= 0.3 is 0 Å². The van der Waals surface area contributed by atoms with Crippen molar-refractivity contribution in [2.75, 3.05) is 5.32 Å². The van der Waals surface area contributed by atoms with Crippen LogP contribution >= 0.6 is 0 Å². The van der Waals surface area contributed by atoms with Gasteiger partial charge in [0.05, 0.1) is 5.92 Å². The highest BCUT2D eigenvalue weighted by Crippen LogP contribution is 2.26. The van der Waals surface area contributed by atoms with Gasteiger partial charge in [0, 0.05) is 30.0 Å². The number of carboxylic acid groups (broad SMARTS) is 2. The molecule has 22 heavy (non-hydrogen) atoms. The molecule has 0 aromatic heterocycles. The van der Waals surface area contributed by atoms with E-state index in [2.05, 4.69) is 5.32 Å². The maximum atomic E-state index is 12.2. The van der Waals surface area contributed by atoms with Gasteiger partial charge in [-0.1, -0.05) is 24.3 Å². The first-order valence-electron chi connectivity index (χ1n) is 6.93. The summed E-state index contributed by atoms with van der Waals surface area (Å²) < 4.78 is 0. The molecule has 0 heterocycles. The number of rotatable bonds is 5. The first kappa shape index (κ1) is 15.8. The maximum Gasteiger partial charge on any atom is 0.228 e. The molecule has 1 aromatic rings. The Morgan fingerprint density at radius 2 is 1.59 bits per heavy atom. The molecule has 2 unspecified atom stereocenters. The van der Waals surface area contributed by atoms with Crippen molar-refractivity contribution in [3.63, 3.8) is 0 Å². The van der Waals surface area contributed by atoms with E-state index in [-0.39, 0.29) is 18.7 Å². The minimum absolute atomic E-state index is 0.200. The zero-order chi connectivity index (χ0) is 16.1. The number of aliphatic carboxylic acids is 2. The summed E-state index contributed by atoms with van der Waals surface area (Å²) in [5.41, 5.74) is 1.05. The Labute approximate surface area is 127 Å². The van der Waals surface area contributed by atoms with E-state index in [0.717, 1.165) is 0 Å². The van der Waals surface area contributed by atoms with E-state index in [0.29, 0.717) is 17.7 Å². The molecule has 0 aliphatic heterocycles. The van der Waals surface area contributed by atoms with Crippen molar-refractivity contribution in [2.24, 2.45) is 11.8 Å². The van der Waals surface area contributed by atoms with Crippen LogP contribution in [0.2, 0.25) is 0 Å². The van der Waals surface area contributed by atoms with Gasteiger partial charge in [-0.15, -0.1) is 0 Å². The van der Waals surface area contributed by atoms with E-state index in [1.54, 1.807) is 36.4 Å². The van der Waals surface area contributed by atoms with Gasteiger partial charge in [0.25, 0.3) is 0 Å². The number of hydrogen-bond donors (Lipinski definition) is 1. The molecule has 6 heteroatoms. The zero-order valence-electron chi connectivity index (χ0n) is 11.8. The number of carboxylic acids is 2. The van der Waals surface area contributed by atoms with E-state index in [1.165, 1.54) is 0 Å². The molecule has 116 valence electrons. The average molecular weight is 301 g/mol. The highest BCUT2D eigenvalue weighted by atomic mass is 16.4. The third-order valence-corrected chi connectivity index (χ3v) is 3.64. The van der Waals surface area contributed by atoms with Crippen LogP contribution in [0.5, 0.6) is 0 Å². The number of benzene rings is 1. The lowest BCUT2D eigenvalue weighted by molar-refractivity contribution is -0.313. The van der Waals surface area contributed by atoms with Crippen LogP contribution in [-0.2, 0) is 20.8 Å². The maximum absolute atomic E-state index is 12.2. The molecule has 0 radical (unpaired) electrons. The molecule has 1 aliphatic rings. The highest BCUT2D eigenvalue weighted by Gasteiger charge is 2.29. The number of nitrogens with one attached hydrogen (secondary N) is 1. The molecule has 0 spiro atoms. The second-order valence-corrected chi connectivity index (χ2v) is 5.21. The number of hydrogen-bond acceptors (Lipinski definition) is 5. The van der Waals surface area contributed by atoms with Crippen LogP contribution in [0.15, 0.2) is 36.4 Å². The van der Waals surface area contributed by atoms with E-state index in [1.807, 2.05) is 0 Å². The molecule has 1 amide bonds. The van der Waals surface area contributed by atoms with Gasteiger partial charge in [0.15, 0.2) is 0 Å². The normalized spacial score (nSPS) is 20.4. The van der Waals surface area contributed by atoms with E-state index in [9.17, 15) is 24.6 Å². The van der Waals surface area contributed by atoms with Crippen molar-refractivity contribution >= 4 is 23.5 Å². The van der Waals surface area contributed by atoms with Crippen LogP contribution in [0.1, 0.15) is 18.4 Å². The van der Waals surface area contributed by atoms with Crippen molar-refractivity contribution < 1.29 is 24.6 Å². The molecule has 0 fully saturated rings.